The van der Waals surface area contributed by atoms with Crippen LogP contribution in [-0.4, -0.2) is 27.2 Å². The molecule has 1 aromatic heterocycles. The predicted molar refractivity (Wildman–Crippen MR) is 72.4 cm³/mol. The number of aromatic nitrogens is 2. The van der Waals surface area contributed by atoms with Crippen molar-refractivity contribution in [3.63, 3.8) is 0 Å². The Morgan fingerprint density at radius 3 is 2.69 bits per heavy atom. The molecule has 1 aromatic rings. The van der Waals surface area contributed by atoms with Gasteiger partial charge in [-0.05, 0) is 31.8 Å². The maximum atomic E-state index is 4.43. The highest BCUT2D eigenvalue weighted by Gasteiger charge is 2.12. The van der Waals surface area contributed by atoms with Crippen LogP contribution in [0.3, 0.4) is 0 Å². The zero-order chi connectivity index (χ0) is 12.0. The van der Waals surface area contributed by atoms with Crippen molar-refractivity contribution in [2.75, 3.05) is 12.3 Å². The molecule has 0 aliphatic carbocycles. The van der Waals surface area contributed by atoms with E-state index in [0.717, 1.165) is 35.3 Å². The van der Waals surface area contributed by atoms with E-state index in [-0.39, 0.29) is 5.54 Å². The molecule has 0 radical (unpaired) electrons. The predicted octanol–water partition coefficient (Wildman–Crippen LogP) is 2.97. The molecule has 0 unspecified atom stereocenters. The molecule has 1 heterocycles. The number of rotatable bonds is 7. The molecule has 0 aliphatic rings. The van der Waals surface area contributed by atoms with E-state index in [1.54, 1.807) is 11.8 Å². The van der Waals surface area contributed by atoms with E-state index in [1.807, 2.05) is 0 Å². The van der Waals surface area contributed by atoms with E-state index in [9.17, 15) is 0 Å². The second-order valence-corrected chi connectivity index (χ2v) is 6.44. The number of nitrogens with one attached hydrogen (secondary N) is 1. The first-order chi connectivity index (χ1) is 7.57. The van der Waals surface area contributed by atoms with Gasteiger partial charge < -0.3 is 5.32 Å². The lowest BCUT2D eigenvalue weighted by molar-refractivity contribution is 0.388. The molecular formula is C11H21N3S2. The smallest absolute Gasteiger partial charge is 0.170 e. The molecule has 5 heteroatoms. The lowest BCUT2D eigenvalue weighted by Crippen LogP contribution is -2.39. The van der Waals surface area contributed by atoms with Gasteiger partial charge >= 0.3 is 0 Å². The van der Waals surface area contributed by atoms with Crippen LogP contribution in [0, 0.1) is 0 Å². The third-order valence-corrected chi connectivity index (χ3v) is 4.45. The summed E-state index contributed by atoms with van der Waals surface area (Å²) in [7, 11) is 0. The van der Waals surface area contributed by atoms with Crippen LogP contribution < -0.4 is 5.32 Å². The van der Waals surface area contributed by atoms with Crippen molar-refractivity contribution in [2.45, 2.75) is 50.4 Å². The van der Waals surface area contributed by atoms with Gasteiger partial charge in [0.05, 0.1) is 0 Å². The van der Waals surface area contributed by atoms with Crippen molar-refractivity contribution in [1.29, 1.82) is 0 Å². The first kappa shape index (κ1) is 13.9. The van der Waals surface area contributed by atoms with Gasteiger partial charge in [0, 0.05) is 24.3 Å². The Morgan fingerprint density at radius 2 is 2.12 bits per heavy atom. The number of hydrogen-bond donors (Lipinski definition) is 1. The average molecular weight is 259 g/mol. The molecule has 1 rings (SSSR count). The van der Waals surface area contributed by atoms with E-state index >= 15 is 0 Å². The second kappa shape index (κ2) is 6.57. The molecular weight excluding hydrogens is 238 g/mol. The normalized spacial score (nSPS) is 12.0. The minimum Gasteiger partial charge on any atom is -0.311 e. The van der Waals surface area contributed by atoms with Crippen molar-refractivity contribution >= 4 is 23.3 Å². The van der Waals surface area contributed by atoms with Gasteiger partial charge in [0.15, 0.2) is 4.34 Å². The fourth-order valence-electron chi connectivity index (χ4n) is 1.09. The Bertz CT molecular complexity index is 310. The van der Waals surface area contributed by atoms with Gasteiger partial charge in [-0.2, -0.15) is 4.37 Å². The van der Waals surface area contributed by atoms with Gasteiger partial charge in [-0.3, -0.25) is 0 Å². The Balaban J connectivity index is 2.20. The molecule has 0 amide bonds. The summed E-state index contributed by atoms with van der Waals surface area (Å²) in [6.07, 6.45) is 2.08. The molecule has 16 heavy (non-hydrogen) atoms. The third kappa shape index (κ3) is 4.80. The van der Waals surface area contributed by atoms with Crippen LogP contribution in [0.25, 0.3) is 0 Å². The lowest BCUT2D eigenvalue weighted by atomic mass is 10.0. The first-order valence-electron chi connectivity index (χ1n) is 5.78. The summed E-state index contributed by atoms with van der Waals surface area (Å²) in [4.78, 5) is 4.43. The van der Waals surface area contributed by atoms with E-state index < -0.39 is 0 Å². The van der Waals surface area contributed by atoms with Crippen molar-refractivity contribution < 1.29 is 0 Å². The van der Waals surface area contributed by atoms with Gasteiger partial charge in [0.25, 0.3) is 0 Å². The second-order valence-electron chi connectivity index (χ2n) is 4.34. The van der Waals surface area contributed by atoms with E-state index in [4.69, 9.17) is 0 Å². The van der Waals surface area contributed by atoms with Crippen molar-refractivity contribution in [1.82, 2.24) is 14.7 Å². The van der Waals surface area contributed by atoms with E-state index in [0.29, 0.717) is 0 Å². The Kier molecular flexibility index (Phi) is 5.72. The van der Waals surface area contributed by atoms with Gasteiger partial charge in [0.1, 0.15) is 5.82 Å². The zero-order valence-electron chi connectivity index (χ0n) is 10.5. The summed E-state index contributed by atoms with van der Waals surface area (Å²) in [6.45, 7) is 9.78. The molecule has 3 nitrogen and oxygen atoms in total. The SMILES string of the molecule is CCc1nsc(SCCNC(C)(C)CC)n1. The van der Waals surface area contributed by atoms with Crippen LogP contribution in [0.1, 0.15) is 39.9 Å². The minimum absolute atomic E-state index is 0.246. The highest BCUT2D eigenvalue weighted by atomic mass is 32.2. The van der Waals surface area contributed by atoms with E-state index in [1.165, 1.54) is 11.5 Å². The zero-order valence-corrected chi connectivity index (χ0v) is 12.2. The molecule has 1 N–H and O–H groups in total. The Hall–Kier alpha value is -0.130. The molecule has 0 aliphatic heterocycles. The largest absolute Gasteiger partial charge is 0.311 e. The van der Waals surface area contributed by atoms with Gasteiger partial charge in [-0.25, -0.2) is 4.98 Å². The molecule has 92 valence electrons. The van der Waals surface area contributed by atoms with Crippen molar-refractivity contribution in [3.8, 4) is 0 Å². The van der Waals surface area contributed by atoms with Crippen molar-refractivity contribution in [3.05, 3.63) is 5.82 Å². The summed E-state index contributed by atoms with van der Waals surface area (Å²) in [5, 5.41) is 3.54. The maximum absolute atomic E-state index is 4.43. The first-order valence-corrected chi connectivity index (χ1v) is 7.53. The summed E-state index contributed by atoms with van der Waals surface area (Å²) < 4.78 is 5.36. The highest BCUT2D eigenvalue weighted by molar-refractivity contribution is 8.00. The Labute approximate surface area is 107 Å². The third-order valence-electron chi connectivity index (χ3n) is 2.58. The number of thioether (sulfide) groups is 1. The van der Waals surface area contributed by atoms with Crippen LogP contribution in [0.4, 0.5) is 0 Å². The number of hydrogen-bond acceptors (Lipinski definition) is 5. The van der Waals surface area contributed by atoms with Gasteiger partial charge in [-0.15, -0.1) is 0 Å². The van der Waals surface area contributed by atoms with E-state index in [2.05, 4.69) is 42.4 Å². The Morgan fingerprint density at radius 1 is 1.38 bits per heavy atom. The minimum atomic E-state index is 0.246. The van der Waals surface area contributed by atoms with Gasteiger partial charge in [-0.1, -0.05) is 25.6 Å². The molecule has 0 bridgehead atoms. The fraction of sp³-hybridized carbons (Fsp3) is 0.818. The molecule has 0 atom stereocenters. The number of aryl methyl sites for hydroxylation is 1. The highest BCUT2D eigenvalue weighted by Crippen LogP contribution is 2.19. The topological polar surface area (TPSA) is 37.8 Å². The fourth-order valence-corrected chi connectivity index (χ4v) is 2.71. The average Bonchev–Trinajstić information content (AvgIpc) is 2.72. The maximum Gasteiger partial charge on any atom is 0.170 e. The monoisotopic (exact) mass is 259 g/mol. The quantitative estimate of drug-likeness (QED) is 0.603. The van der Waals surface area contributed by atoms with Crippen LogP contribution >= 0.6 is 23.3 Å². The van der Waals surface area contributed by atoms with Crippen LogP contribution in [0.15, 0.2) is 4.34 Å². The molecule has 0 saturated carbocycles. The standard InChI is InChI=1S/C11H21N3S2/c1-5-9-13-10(16-14-9)15-8-7-12-11(3,4)6-2/h12H,5-8H2,1-4H3. The number of nitrogens with zero attached hydrogens (tertiary/aromatic N) is 2. The lowest BCUT2D eigenvalue weighted by Gasteiger charge is -2.24. The van der Waals surface area contributed by atoms with Crippen LogP contribution in [0.5, 0.6) is 0 Å². The molecule has 0 saturated heterocycles. The summed E-state index contributed by atoms with van der Waals surface area (Å²) in [5.41, 5.74) is 0.246. The van der Waals surface area contributed by atoms with Crippen LogP contribution in [0.2, 0.25) is 0 Å². The molecule has 0 aromatic carbocycles. The molecule has 0 fully saturated rings. The molecule has 0 spiro atoms. The summed E-state index contributed by atoms with van der Waals surface area (Å²) >= 11 is 3.30. The summed E-state index contributed by atoms with van der Waals surface area (Å²) in [6, 6.07) is 0. The summed E-state index contributed by atoms with van der Waals surface area (Å²) in [5.74, 6) is 2.02. The van der Waals surface area contributed by atoms with Gasteiger partial charge in [0.2, 0.25) is 0 Å². The van der Waals surface area contributed by atoms with Crippen molar-refractivity contribution in [2.24, 2.45) is 0 Å². The van der Waals surface area contributed by atoms with Crippen LogP contribution in [-0.2, 0) is 6.42 Å².